The molecule has 0 aliphatic carbocycles. The van der Waals surface area contributed by atoms with Gasteiger partial charge in [0.05, 0.1) is 10.5 Å². The van der Waals surface area contributed by atoms with E-state index in [2.05, 4.69) is 0 Å². The minimum Gasteiger partial charge on any atom is -0.433 e. The number of rotatable bonds is 5. The van der Waals surface area contributed by atoms with Crippen molar-refractivity contribution in [3.05, 3.63) is 39.9 Å². The van der Waals surface area contributed by atoms with Crippen molar-refractivity contribution in [2.45, 2.75) is 33.4 Å². The van der Waals surface area contributed by atoms with Gasteiger partial charge in [-0.25, -0.2) is 4.79 Å². The van der Waals surface area contributed by atoms with Gasteiger partial charge in [-0.2, -0.15) is 0 Å². The summed E-state index contributed by atoms with van der Waals surface area (Å²) >= 11 is 0. The van der Waals surface area contributed by atoms with Gasteiger partial charge in [0.2, 0.25) is 0 Å². The van der Waals surface area contributed by atoms with Crippen LogP contribution in [0.4, 0.5) is 10.5 Å². The second kappa shape index (κ2) is 7.03. The number of nitrogens with zero attached hydrogens (tertiary/aromatic N) is 1. The molecule has 21 heavy (non-hydrogen) atoms. The second-order valence-corrected chi connectivity index (χ2v) is 5.71. The smallest absolute Gasteiger partial charge is 0.433 e. The van der Waals surface area contributed by atoms with Crippen LogP contribution in [0.2, 0.25) is 0 Å². The summed E-state index contributed by atoms with van der Waals surface area (Å²) in [6, 6.07) is 5.72. The summed E-state index contributed by atoms with van der Waals surface area (Å²) in [4.78, 5) is 21.7. The number of hydrogen-bond donors (Lipinski definition) is 1. The van der Waals surface area contributed by atoms with Gasteiger partial charge in [0, 0.05) is 12.1 Å². The normalized spacial score (nSPS) is 12.6. The Morgan fingerprint density at radius 1 is 1.33 bits per heavy atom. The number of hydrogen-bond acceptors (Lipinski definition) is 6. The first kappa shape index (κ1) is 16.9. The summed E-state index contributed by atoms with van der Waals surface area (Å²) in [6.07, 6.45) is -0.896. The Morgan fingerprint density at radius 3 is 2.52 bits per heavy atom. The van der Waals surface area contributed by atoms with Gasteiger partial charge in [-0.15, -0.1) is 0 Å². The molecular weight excluding hydrogens is 276 g/mol. The highest BCUT2D eigenvalue weighted by Gasteiger charge is 2.22. The number of nitro groups is 1. The number of carbonyl (C=O) groups excluding carboxylic acids is 1. The van der Waals surface area contributed by atoms with Crippen LogP contribution in [0, 0.1) is 15.5 Å². The van der Waals surface area contributed by atoms with E-state index in [1.807, 2.05) is 20.8 Å². The zero-order valence-electron chi connectivity index (χ0n) is 12.4. The van der Waals surface area contributed by atoms with E-state index in [0.29, 0.717) is 5.56 Å². The van der Waals surface area contributed by atoms with Crippen LogP contribution >= 0.6 is 0 Å². The zero-order valence-corrected chi connectivity index (χ0v) is 12.4. The van der Waals surface area contributed by atoms with Crippen molar-refractivity contribution < 1.29 is 19.2 Å². The average Bonchev–Trinajstić information content (AvgIpc) is 2.41. The van der Waals surface area contributed by atoms with E-state index in [0.717, 1.165) is 0 Å². The molecule has 0 saturated carbocycles. The van der Waals surface area contributed by atoms with E-state index >= 15 is 0 Å². The third-order valence-electron chi connectivity index (χ3n) is 3.03. The fourth-order valence-corrected chi connectivity index (χ4v) is 1.40. The fraction of sp³-hybridized carbons (Fsp3) is 0.500. The number of ether oxygens (including phenoxy) is 2. The Hall–Kier alpha value is -2.15. The quantitative estimate of drug-likeness (QED) is 0.508. The standard InChI is InChI=1S/C14H20N2O5/c1-14(2,3)12(15)9-21-13(17)20-8-10-6-4-5-7-11(10)16(18)19/h4-7,12H,8-9,15H2,1-3H3. The Morgan fingerprint density at radius 2 is 1.95 bits per heavy atom. The maximum absolute atomic E-state index is 11.5. The SMILES string of the molecule is CC(C)(C)C(N)COC(=O)OCc1ccccc1[N+](=O)[O-]. The van der Waals surface area contributed by atoms with Crippen molar-refractivity contribution >= 4 is 11.8 Å². The van der Waals surface area contributed by atoms with E-state index in [4.69, 9.17) is 15.2 Å². The van der Waals surface area contributed by atoms with Crippen LogP contribution in [-0.2, 0) is 16.1 Å². The van der Waals surface area contributed by atoms with Gasteiger partial charge in [0.1, 0.15) is 13.2 Å². The molecule has 0 heterocycles. The van der Waals surface area contributed by atoms with Crippen LogP contribution in [0.25, 0.3) is 0 Å². The first-order valence-electron chi connectivity index (χ1n) is 6.49. The molecule has 0 aliphatic rings. The van der Waals surface area contributed by atoms with Crippen LogP contribution in [0.15, 0.2) is 24.3 Å². The third kappa shape index (κ3) is 5.39. The van der Waals surface area contributed by atoms with Gasteiger partial charge in [-0.05, 0) is 11.5 Å². The molecule has 7 heteroatoms. The molecule has 1 rings (SSSR count). The molecule has 1 unspecified atom stereocenters. The minimum absolute atomic E-state index is 0.0270. The number of nitro benzene ring substituents is 1. The topological polar surface area (TPSA) is 105 Å². The average molecular weight is 296 g/mol. The van der Waals surface area contributed by atoms with E-state index in [1.165, 1.54) is 12.1 Å². The molecule has 0 bridgehead atoms. The molecule has 0 aromatic heterocycles. The highest BCUT2D eigenvalue weighted by Crippen LogP contribution is 2.19. The Kier molecular flexibility index (Phi) is 5.66. The molecule has 116 valence electrons. The Labute approximate surface area is 123 Å². The van der Waals surface area contributed by atoms with E-state index < -0.39 is 11.1 Å². The molecule has 0 aliphatic heterocycles. The van der Waals surface area contributed by atoms with Crippen molar-refractivity contribution in [2.24, 2.45) is 11.1 Å². The first-order valence-corrected chi connectivity index (χ1v) is 6.49. The predicted octanol–water partition coefficient (Wildman–Crippen LogP) is 2.62. The van der Waals surface area contributed by atoms with Crippen molar-refractivity contribution in [3.63, 3.8) is 0 Å². The monoisotopic (exact) mass is 296 g/mol. The lowest BCUT2D eigenvalue weighted by Gasteiger charge is -2.26. The minimum atomic E-state index is -0.896. The van der Waals surface area contributed by atoms with Gasteiger partial charge in [0.15, 0.2) is 0 Å². The van der Waals surface area contributed by atoms with Crippen molar-refractivity contribution in [3.8, 4) is 0 Å². The molecule has 2 N–H and O–H groups in total. The van der Waals surface area contributed by atoms with Gasteiger partial charge in [0.25, 0.3) is 5.69 Å². The van der Waals surface area contributed by atoms with Crippen LogP contribution in [0.1, 0.15) is 26.3 Å². The number of benzene rings is 1. The highest BCUT2D eigenvalue weighted by molar-refractivity contribution is 5.60. The maximum Gasteiger partial charge on any atom is 0.508 e. The maximum atomic E-state index is 11.5. The second-order valence-electron chi connectivity index (χ2n) is 5.71. The first-order chi connectivity index (χ1) is 9.71. The van der Waals surface area contributed by atoms with Crippen LogP contribution in [0.5, 0.6) is 0 Å². The summed E-state index contributed by atoms with van der Waals surface area (Å²) in [6.45, 7) is 5.60. The van der Waals surface area contributed by atoms with Crippen LogP contribution < -0.4 is 5.73 Å². The van der Waals surface area contributed by atoms with Gasteiger partial charge >= 0.3 is 6.16 Å². The lowest BCUT2D eigenvalue weighted by molar-refractivity contribution is -0.385. The predicted molar refractivity (Wildman–Crippen MR) is 76.7 cm³/mol. The van der Waals surface area contributed by atoms with E-state index in [-0.39, 0.29) is 30.4 Å². The zero-order chi connectivity index (χ0) is 16.0. The number of para-hydroxylation sites is 1. The van der Waals surface area contributed by atoms with Crippen LogP contribution in [-0.4, -0.2) is 23.7 Å². The van der Waals surface area contributed by atoms with E-state index in [9.17, 15) is 14.9 Å². The summed E-state index contributed by atoms with van der Waals surface area (Å²) in [5.41, 5.74) is 5.86. The Balaban J connectivity index is 2.49. The van der Waals surface area contributed by atoms with Gasteiger partial charge in [-0.1, -0.05) is 32.9 Å². The summed E-state index contributed by atoms with van der Waals surface area (Å²) in [5.74, 6) is 0. The summed E-state index contributed by atoms with van der Waals surface area (Å²) < 4.78 is 9.76. The molecule has 7 nitrogen and oxygen atoms in total. The van der Waals surface area contributed by atoms with Crippen molar-refractivity contribution in [1.82, 2.24) is 0 Å². The lowest BCUT2D eigenvalue weighted by atomic mass is 9.88. The molecule has 0 fully saturated rings. The van der Waals surface area contributed by atoms with E-state index in [1.54, 1.807) is 12.1 Å². The molecular formula is C14H20N2O5. The molecule has 0 spiro atoms. The highest BCUT2D eigenvalue weighted by atomic mass is 16.7. The van der Waals surface area contributed by atoms with Crippen LogP contribution in [0.3, 0.4) is 0 Å². The largest absolute Gasteiger partial charge is 0.508 e. The summed E-state index contributed by atoms with van der Waals surface area (Å²) in [7, 11) is 0. The third-order valence-corrected chi connectivity index (χ3v) is 3.03. The molecule has 1 aromatic carbocycles. The summed E-state index contributed by atoms with van der Waals surface area (Å²) in [5, 5.41) is 10.8. The fourth-order valence-electron chi connectivity index (χ4n) is 1.40. The van der Waals surface area contributed by atoms with Gasteiger partial charge in [-0.3, -0.25) is 10.1 Å². The Bertz CT molecular complexity index is 510. The lowest BCUT2D eigenvalue weighted by Crippen LogP contribution is -2.39. The molecule has 1 aromatic rings. The van der Waals surface area contributed by atoms with Gasteiger partial charge < -0.3 is 15.2 Å². The molecule has 0 radical (unpaired) electrons. The van der Waals surface area contributed by atoms with Crippen molar-refractivity contribution in [1.29, 1.82) is 0 Å². The van der Waals surface area contributed by atoms with Crippen molar-refractivity contribution in [2.75, 3.05) is 6.61 Å². The molecule has 0 saturated heterocycles. The molecule has 0 amide bonds. The number of nitrogens with two attached hydrogens (primary N) is 1. The molecule has 1 atom stereocenters. The number of carbonyl (C=O) groups is 1.